The molecule has 0 saturated carbocycles. The van der Waals surface area contributed by atoms with Gasteiger partial charge in [-0.2, -0.15) is 0 Å². The average Bonchev–Trinajstić information content (AvgIpc) is 3.16. The summed E-state index contributed by atoms with van der Waals surface area (Å²) in [5, 5.41) is 5.31. The highest BCUT2D eigenvalue weighted by atomic mass is 35.5. The average molecular weight is 433 g/mol. The number of thiazole rings is 1. The van der Waals surface area contributed by atoms with Gasteiger partial charge in [0.15, 0.2) is 5.13 Å². The number of anilines is 1. The molecule has 0 spiro atoms. The van der Waals surface area contributed by atoms with Crippen molar-refractivity contribution in [2.45, 2.75) is 17.1 Å². The fourth-order valence-electron chi connectivity index (χ4n) is 2.45. The number of rotatable bonds is 6. The Hall–Kier alpha value is -2.35. The zero-order valence-corrected chi connectivity index (χ0v) is 17.5. The summed E-state index contributed by atoms with van der Waals surface area (Å²) < 4.78 is 4.76. The van der Waals surface area contributed by atoms with Crippen molar-refractivity contribution in [3.05, 3.63) is 64.5 Å². The van der Waals surface area contributed by atoms with Crippen molar-refractivity contribution >= 4 is 51.7 Å². The third kappa shape index (κ3) is 4.73. The molecule has 1 N–H and O–H groups in total. The number of methoxy groups -OCH3 is 1. The molecule has 8 heteroatoms. The summed E-state index contributed by atoms with van der Waals surface area (Å²) >= 11 is 8.81. The molecule has 0 radical (unpaired) electrons. The lowest BCUT2D eigenvalue weighted by molar-refractivity contribution is -0.139. The number of esters is 1. The quantitative estimate of drug-likeness (QED) is 0.419. The van der Waals surface area contributed by atoms with Crippen LogP contribution in [0.1, 0.15) is 17.3 Å². The van der Waals surface area contributed by atoms with E-state index in [0.29, 0.717) is 26.3 Å². The molecular weight excluding hydrogens is 416 g/mol. The van der Waals surface area contributed by atoms with Crippen LogP contribution in [0.3, 0.4) is 0 Å². The number of thioether (sulfide) groups is 1. The normalized spacial score (nSPS) is 11.7. The Labute approximate surface area is 176 Å². The lowest BCUT2D eigenvalue weighted by atomic mass is 10.2. The van der Waals surface area contributed by atoms with Crippen molar-refractivity contribution < 1.29 is 14.3 Å². The van der Waals surface area contributed by atoms with E-state index >= 15 is 0 Å². The maximum absolute atomic E-state index is 12.8. The highest BCUT2D eigenvalue weighted by molar-refractivity contribution is 8.00. The molecule has 0 saturated heterocycles. The molecule has 0 aliphatic heterocycles. The highest BCUT2D eigenvalue weighted by Gasteiger charge is 2.19. The van der Waals surface area contributed by atoms with Crippen molar-refractivity contribution in [1.29, 1.82) is 0 Å². The number of nitrogens with zero attached hydrogens (tertiary/aromatic N) is 1. The Kier molecular flexibility index (Phi) is 6.72. The monoisotopic (exact) mass is 432 g/mol. The van der Waals surface area contributed by atoms with Crippen LogP contribution in [0.4, 0.5) is 5.13 Å². The molecule has 28 heavy (non-hydrogen) atoms. The second kappa shape index (κ2) is 9.23. The first kappa shape index (κ1) is 20.4. The van der Waals surface area contributed by atoms with E-state index in [2.05, 4.69) is 10.3 Å². The molecule has 5 nitrogen and oxygen atoms in total. The molecule has 0 aliphatic carbocycles. The van der Waals surface area contributed by atoms with Gasteiger partial charge < -0.3 is 4.74 Å². The minimum atomic E-state index is -0.425. The predicted molar refractivity (Wildman–Crippen MR) is 114 cm³/mol. The van der Waals surface area contributed by atoms with E-state index < -0.39 is 5.25 Å². The van der Waals surface area contributed by atoms with Gasteiger partial charge in [0.1, 0.15) is 5.25 Å². The van der Waals surface area contributed by atoms with Crippen LogP contribution in [-0.4, -0.2) is 29.2 Å². The number of hydrogen-bond acceptors (Lipinski definition) is 6. The molecule has 2 aromatic carbocycles. The van der Waals surface area contributed by atoms with Crippen LogP contribution >= 0.6 is 34.7 Å². The summed E-state index contributed by atoms with van der Waals surface area (Å²) in [4.78, 5) is 29.6. The van der Waals surface area contributed by atoms with E-state index in [1.807, 2.05) is 29.6 Å². The number of hydrogen-bond donors (Lipinski definition) is 1. The number of nitrogens with one attached hydrogen (secondary N) is 1. The summed E-state index contributed by atoms with van der Waals surface area (Å²) in [6, 6.07) is 14.5. The van der Waals surface area contributed by atoms with E-state index in [1.165, 1.54) is 30.2 Å². The van der Waals surface area contributed by atoms with Crippen LogP contribution in [0, 0.1) is 0 Å². The van der Waals surface area contributed by atoms with Crippen LogP contribution in [0.15, 0.2) is 58.8 Å². The molecule has 3 aromatic rings. The Morgan fingerprint density at radius 1 is 1.18 bits per heavy atom. The van der Waals surface area contributed by atoms with Crippen LogP contribution in [0.5, 0.6) is 0 Å². The van der Waals surface area contributed by atoms with Crippen molar-refractivity contribution in [2.75, 3.05) is 12.4 Å². The van der Waals surface area contributed by atoms with Gasteiger partial charge in [0.2, 0.25) is 0 Å². The fraction of sp³-hybridized carbons (Fsp3) is 0.150. The number of halogens is 1. The number of benzene rings is 2. The lowest BCUT2D eigenvalue weighted by Gasteiger charge is -2.12. The van der Waals surface area contributed by atoms with Gasteiger partial charge in [0.25, 0.3) is 5.91 Å². The highest BCUT2D eigenvalue weighted by Crippen LogP contribution is 2.31. The van der Waals surface area contributed by atoms with Crippen molar-refractivity contribution in [1.82, 2.24) is 4.98 Å². The summed E-state index contributed by atoms with van der Waals surface area (Å²) in [5.41, 5.74) is 1.98. The minimum absolute atomic E-state index is 0.291. The first-order valence-corrected chi connectivity index (χ1v) is 10.5. The third-order valence-electron chi connectivity index (χ3n) is 3.84. The van der Waals surface area contributed by atoms with Crippen molar-refractivity contribution in [3.8, 4) is 11.3 Å². The summed E-state index contributed by atoms with van der Waals surface area (Å²) in [7, 11) is 1.34. The van der Waals surface area contributed by atoms with E-state index in [1.54, 1.807) is 31.2 Å². The largest absolute Gasteiger partial charge is 0.468 e. The van der Waals surface area contributed by atoms with E-state index in [-0.39, 0.29) is 11.9 Å². The Morgan fingerprint density at radius 3 is 2.64 bits per heavy atom. The number of aromatic nitrogens is 1. The van der Waals surface area contributed by atoms with Crippen LogP contribution in [-0.2, 0) is 9.53 Å². The van der Waals surface area contributed by atoms with Gasteiger partial charge in [-0.15, -0.1) is 23.1 Å². The van der Waals surface area contributed by atoms with Gasteiger partial charge >= 0.3 is 5.97 Å². The molecule has 0 fully saturated rings. The molecule has 1 atom stereocenters. The van der Waals surface area contributed by atoms with Gasteiger partial charge in [-0.05, 0) is 25.1 Å². The number of amides is 1. The second-order valence-electron chi connectivity index (χ2n) is 5.75. The van der Waals surface area contributed by atoms with Crippen molar-refractivity contribution in [3.63, 3.8) is 0 Å². The van der Waals surface area contributed by atoms with Gasteiger partial charge in [0.05, 0.1) is 18.4 Å². The first-order valence-electron chi connectivity index (χ1n) is 8.35. The molecule has 1 aromatic heterocycles. The molecular formula is C20H17ClN2O3S2. The SMILES string of the molecule is COC(=O)C(C)Sc1ccccc1C(=O)Nc1nc(-c2ccccc2Cl)cs1. The zero-order valence-electron chi connectivity index (χ0n) is 15.1. The predicted octanol–water partition coefficient (Wildman–Crippen LogP) is 5.37. The Balaban J connectivity index is 1.77. The van der Waals surface area contributed by atoms with Crippen LogP contribution < -0.4 is 5.32 Å². The molecule has 1 heterocycles. The summed E-state index contributed by atoms with van der Waals surface area (Å²) in [5.74, 6) is -0.634. The Bertz CT molecular complexity index is 1010. The van der Waals surface area contributed by atoms with Gasteiger partial charge in [0, 0.05) is 20.9 Å². The molecule has 1 amide bonds. The second-order valence-corrected chi connectivity index (χ2v) is 8.40. The van der Waals surface area contributed by atoms with Gasteiger partial charge in [-0.3, -0.25) is 14.9 Å². The summed E-state index contributed by atoms with van der Waals surface area (Å²) in [6.45, 7) is 1.74. The van der Waals surface area contributed by atoms with Crippen LogP contribution in [0.2, 0.25) is 5.02 Å². The standard InChI is InChI=1S/C20H17ClN2O3S2/c1-12(19(25)26-2)28-17-10-6-4-8-14(17)18(24)23-20-22-16(11-27-20)13-7-3-5-9-15(13)21/h3-12H,1-2H3,(H,22,23,24). The van der Waals surface area contributed by atoms with Crippen molar-refractivity contribution in [2.24, 2.45) is 0 Å². The molecule has 3 rings (SSSR count). The molecule has 0 aliphatic rings. The number of carbonyl (C=O) groups is 2. The maximum atomic E-state index is 12.8. The van der Waals surface area contributed by atoms with Gasteiger partial charge in [-0.1, -0.05) is 41.9 Å². The van der Waals surface area contributed by atoms with Crippen LogP contribution in [0.25, 0.3) is 11.3 Å². The maximum Gasteiger partial charge on any atom is 0.318 e. The summed E-state index contributed by atoms with van der Waals surface area (Å²) in [6.07, 6.45) is 0. The third-order valence-corrected chi connectivity index (χ3v) is 6.09. The van der Waals surface area contributed by atoms with E-state index in [9.17, 15) is 9.59 Å². The zero-order chi connectivity index (χ0) is 20.1. The fourth-order valence-corrected chi connectivity index (χ4v) is 4.41. The molecule has 0 bridgehead atoms. The molecule has 1 unspecified atom stereocenters. The topological polar surface area (TPSA) is 68.3 Å². The lowest BCUT2D eigenvalue weighted by Crippen LogP contribution is -2.17. The smallest absolute Gasteiger partial charge is 0.318 e. The van der Waals surface area contributed by atoms with E-state index in [0.717, 1.165) is 5.56 Å². The minimum Gasteiger partial charge on any atom is -0.468 e. The number of ether oxygens (including phenoxy) is 1. The first-order chi connectivity index (χ1) is 13.5. The van der Waals surface area contributed by atoms with Gasteiger partial charge in [-0.25, -0.2) is 4.98 Å². The number of carbonyl (C=O) groups excluding carboxylic acids is 2. The van der Waals surface area contributed by atoms with E-state index in [4.69, 9.17) is 16.3 Å². The molecule has 144 valence electrons. The Morgan fingerprint density at radius 2 is 1.89 bits per heavy atom.